The predicted octanol–water partition coefficient (Wildman–Crippen LogP) is 0.597. The lowest BCUT2D eigenvalue weighted by atomic mass is 9.81. The molecule has 1 saturated carbocycles. The van der Waals surface area contributed by atoms with Gasteiger partial charge in [0.25, 0.3) is 0 Å². The summed E-state index contributed by atoms with van der Waals surface area (Å²) >= 11 is 0. The van der Waals surface area contributed by atoms with Gasteiger partial charge in [0.15, 0.2) is 0 Å². The zero-order valence-corrected chi connectivity index (χ0v) is 13.3. The molecule has 22 heavy (non-hydrogen) atoms. The molecular formula is C16H29N5O. The zero-order valence-electron chi connectivity index (χ0n) is 13.3. The number of aromatic amines is 1. The number of rotatable bonds is 5. The highest BCUT2D eigenvalue weighted by Gasteiger charge is 2.29. The van der Waals surface area contributed by atoms with Crippen molar-refractivity contribution in [2.45, 2.75) is 50.1 Å². The first-order valence-corrected chi connectivity index (χ1v) is 8.58. The van der Waals surface area contributed by atoms with Gasteiger partial charge in [-0.25, -0.2) is 0 Å². The number of hydrogen-bond donors (Lipinski definition) is 3. The molecule has 0 radical (unpaired) electrons. The second-order valence-electron chi connectivity index (χ2n) is 6.65. The van der Waals surface area contributed by atoms with Crippen molar-refractivity contribution in [3.8, 4) is 0 Å². The lowest BCUT2D eigenvalue weighted by molar-refractivity contribution is 0.00719. The molecule has 1 aliphatic heterocycles. The van der Waals surface area contributed by atoms with E-state index in [4.69, 9.17) is 16.2 Å². The quantitative estimate of drug-likeness (QED) is 0.740. The molecule has 0 spiro atoms. The minimum atomic E-state index is 0.0287. The molecule has 2 aliphatic rings. The van der Waals surface area contributed by atoms with E-state index in [1.54, 1.807) is 0 Å². The third-order valence-electron chi connectivity index (χ3n) is 5.18. The third kappa shape index (κ3) is 3.68. The highest BCUT2D eigenvalue weighted by atomic mass is 16.5. The van der Waals surface area contributed by atoms with Gasteiger partial charge in [-0.2, -0.15) is 5.10 Å². The monoisotopic (exact) mass is 307 g/mol. The van der Waals surface area contributed by atoms with Gasteiger partial charge in [0.2, 0.25) is 0 Å². The highest BCUT2D eigenvalue weighted by Crippen LogP contribution is 2.35. The fourth-order valence-corrected chi connectivity index (χ4v) is 3.87. The Morgan fingerprint density at radius 3 is 2.68 bits per heavy atom. The zero-order chi connectivity index (χ0) is 15.4. The number of H-pyrrole nitrogens is 1. The molecule has 6 nitrogen and oxygen atoms in total. The smallest absolute Gasteiger partial charge is 0.0685 e. The number of nitrogens with zero attached hydrogens (tertiary/aromatic N) is 2. The third-order valence-corrected chi connectivity index (χ3v) is 5.18. The SMILES string of the molecule is NCC(N)Cc1c[nH]nc1C1CCC(N2CCOCC2)CC1. The Kier molecular flexibility index (Phi) is 5.46. The average molecular weight is 307 g/mol. The van der Waals surface area contributed by atoms with Crippen LogP contribution in [0.4, 0.5) is 0 Å². The van der Waals surface area contributed by atoms with Gasteiger partial charge < -0.3 is 16.2 Å². The molecule has 124 valence electrons. The van der Waals surface area contributed by atoms with Crippen LogP contribution in [-0.2, 0) is 11.2 Å². The highest BCUT2D eigenvalue weighted by molar-refractivity contribution is 5.22. The van der Waals surface area contributed by atoms with Crippen molar-refractivity contribution in [1.29, 1.82) is 0 Å². The molecule has 1 aliphatic carbocycles. The Hall–Kier alpha value is -0.950. The topological polar surface area (TPSA) is 93.2 Å². The van der Waals surface area contributed by atoms with E-state index in [2.05, 4.69) is 15.1 Å². The second kappa shape index (κ2) is 7.55. The van der Waals surface area contributed by atoms with Crippen molar-refractivity contribution in [2.75, 3.05) is 32.8 Å². The summed E-state index contributed by atoms with van der Waals surface area (Å²) in [4.78, 5) is 2.61. The number of morpholine rings is 1. The Morgan fingerprint density at radius 2 is 2.00 bits per heavy atom. The van der Waals surface area contributed by atoms with Gasteiger partial charge in [-0.1, -0.05) is 0 Å². The van der Waals surface area contributed by atoms with Gasteiger partial charge in [0.05, 0.1) is 18.9 Å². The average Bonchev–Trinajstić information content (AvgIpc) is 3.04. The number of hydrogen-bond acceptors (Lipinski definition) is 5. The Labute approximate surface area is 132 Å². The summed E-state index contributed by atoms with van der Waals surface area (Å²) in [6.45, 7) is 4.48. The molecule has 1 aromatic heterocycles. The summed E-state index contributed by atoms with van der Waals surface area (Å²) in [5.74, 6) is 0.573. The minimum absolute atomic E-state index is 0.0287. The van der Waals surface area contributed by atoms with E-state index in [1.807, 2.05) is 6.20 Å². The number of nitrogens with one attached hydrogen (secondary N) is 1. The lowest BCUT2D eigenvalue weighted by Gasteiger charge is -2.38. The minimum Gasteiger partial charge on any atom is -0.379 e. The van der Waals surface area contributed by atoms with Gasteiger partial charge >= 0.3 is 0 Å². The Morgan fingerprint density at radius 1 is 1.27 bits per heavy atom. The maximum Gasteiger partial charge on any atom is 0.0685 e. The Bertz CT molecular complexity index is 449. The summed E-state index contributed by atoms with van der Waals surface area (Å²) in [6.07, 6.45) is 7.79. The molecule has 5 N–H and O–H groups in total. The standard InChI is InChI=1S/C16H29N5O/c17-10-14(18)9-13-11-19-20-16(13)12-1-3-15(4-2-12)21-5-7-22-8-6-21/h11-12,14-15H,1-10,17-18H2,(H,19,20). The molecule has 6 heteroatoms. The fraction of sp³-hybridized carbons (Fsp3) is 0.812. The van der Waals surface area contributed by atoms with Crippen molar-refractivity contribution in [3.63, 3.8) is 0 Å². The number of aromatic nitrogens is 2. The van der Waals surface area contributed by atoms with Crippen molar-refractivity contribution in [1.82, 2.24) is 15.1 Å². The van der Waals surface area contributed by atoms with Crippen LogP contribution in [0, 0.1) is 0 Å². The first-order valence-electron chi connectivity index (χ1n) is 8.58. The number of nitrogens with two attached hydrogens (primary N) is 2. The van der Waals surface area contributed by atoms with Crippen LogP contribution in [0.1, 0.15) is 42.9 Å². The summed E-state index contributed by atoms with van der Waals surface area (Å²) in [5.41, 5.74) is 14.1. The molecule has 2 fully saturated rings. The van der Waals surface area contributed by atoms with E-state index < -0.39 is 0 Å². The Balaban J connectivity index is 1.56. The van der Waals surface area contributed by atoms with E-state index in [0.29, 0.717) is 12.5 Å². The van der Waals surface area contributed by atoms with E-state index in [1.165, 1.54) is 36.9 Å². The molecule has 1 aromatic rings. The lowest BCUT2D eigenvalue weighted by Crippen LogP contribution is -2.44. The van der Waals surface area contributed by atoms with E-state index in [9.17, 15) is 0 Å². The maximum atomic E-state index is 6.00. The molecule has 0 aromatic carbocycles. The van der Waals surface area contributed by atoms with Crippen molar-refractivity contribution in [2.24, 2.45) is 11.5 Å². The van der Waals surface area contributed by atoms with Crippen LogP contribution in [0.15, 0.2) is 6.20 Å². The molecule has 2 heterocycles. The summed E-state index contributed by atoms with van der Waals surface area (Å²) in [7, 11) is 0. The largest absolute Gasteiger partial charge is 0.379 e. The van der Waals surface area contributed by atoms with Gasteiger partial charge in [-0.05, 0) is 37.7 Å². The number of ether oxygens (including phenoxy) is 1. The molecule has 1 atom stereocenters. The summed E-state index contributed by atoms with van der Waals surface area (Å²) < 4.78 is 5.46. The van der Waals surface area contributed by atoms with E-state index in [0.717, 1.165) is 38.8 Å². The van der Waals surface area contributed by atoms with Crippen LogP contribution < -0.4 is 11.5 Å². The molecular weight excluding hydrogens is 278 g/mol. The van der Waals surface area contributed by atoms with Crippen molar-refractivity contribution >= 4 is 0 Å². The van der Waals surface area contributed by atoms with Crippen LogP contribution >= 0.6 is 0 Å². The van der Waals surface area contributed by atoms with Gasteiger partial charge in [0, 0.05) is 43.8 Å². The van der Waals surface area contributed by atoms with Gasteiger partial charge in [-0.15, -0.1) is 0 Å². The normalized spacial score (nSPS) is 28.6. The van der Waals surface area contributed by atoms with Crippen LogP contribution in [0.2, 0.25) is 0 Å². The first kappa shape index (κ1) is 15.9. The molecule has 0 bridgehead atoms. The summed E-state index contributed by atoms with van der Waals surface area (Å²) in [5, 5.41) is 7.54. The van der Waals surface area contributed by atoms with Gasteiger partial charge in [0.1, 0.15) is 0 Å². The van der Waals surface area contributed by atoms with E-state index >= 15 is 0 Å². The maximum absolute atomic E-state index is 6.00. The van der Waals surface area contributed by atoms with Crippen LogP contribution in [0.5, 0.6) is 0 Å². The molecule has 1 saturated heterocycles. The molecule has 1 unspecified atom stereocenters. The first-order chi connectivity index (χ1) is 10.8. The molecule has 0 amide bonds. The van der Waals surface area contributed by atoms with Gasteiger partial charge in [-0.3, -0.25) is 10.00 Å². The van der Waals surface area contributed by atoms with Crippen LogP contribution in [-0.4, -0.2) is 60.0 Å². The second-order valence-corrected chi connectivity index (χ2v) is 6.65. The predicted molar refractivity (Wildman–Crippen MR) is 86.7 cm³/mol. The van der Waals surface area contributed by atoms with Crippen molar-refractivity contribution in [3.05, 3.63) is 17.5 Å². The van der Waals surface area contributed by atoms with Crippen LogP contribution in [0.25, 0.3) is 0 Å². The summed E-state index contributed by atoms with van der Waals surface area (Å²) in [6, 6.07) is 0.759. The fourth-order valence-electron chi connectivity index (χ4n) is 3.87. The van der Waals surface area contributed by atoms with Crippen LogP contribution in [0.3, 0.4) is 0 Å². The van der Waals surface area contributed by atoms with E-state index in [-0.39, 0.29) is 6.04 Å². The molecule has 3 rings (SSSR count). The van der Waals surface area contributed by atoms with Crippen molar-refractivity contribution < 1.29 is 4.74 Å².